The number of anilines is 2. The van der Waals surface area contributed by atoms with Gasteiger partial charge in [-0.15, -0.1) is 0 Å². The lowest BCUT2D eigenvalue weighted by atomic mass is 10.1. The Morgan fingerprint density at radius 2 is 1.88 bits per heavy atom. The third-order valence-electron chi connectivity index (χ3n) is 5.54. The van der Waals surface area contributed by atoms with Gasteiger partial charge in [0.2, 0.25) is 5.89 Å². The van der Waals surface area contributed by atoms with E-state index in [1.807, 2.05) is 29.2 Å². The highest BCUT2D eigenvalue weighted by molar-refractivity contribution is 9.10. The summed E-state index contributed by atoms with van der Waals surface area (Å²) in [5.74, 6) is 0.0123. The third kappa shape index (κ3) is 4.37. The average molecular weight is 523 g/mol. The van der Waals surface area contributed by atoms with E-state index in [9.17, 15) is 14.9 Å². The van der Waals surface area contributed by atoms with Gasteiger partial charge < -0.3 is 19.4 Å². The number of rotatable bonds is 5. The molecule has 1 saturated heterocycles. The summed E-state index contributed by atoms with van der Waals surface area (Å²) in [6.45, 7) is 2.25. The number of nitro groups is 1. The maximum Gasteiger partial charge on any atom is 0.270 e. The van der Waals surface area contributed by atoms with E-state index in [-0.39, 0.29) is 11.3 Å². The van der Waals surface area contributed by atoms with Crippen LogP contribution in [0.4, 0.5) is 17.1 Å². The van der Waals surface area contributed by atoms with E-state index in [1.165, 1.54) is 12.1 Å². The Labute approximate surface area is 202 Å². The number of carbonyl (C=O) groups is 1. The molecule has 5 rings (SSSR count). The molecule has 1 N–H and O–H groups in total. The Morgan fingerprint density at radius 3 is 2.65 bits per heavy atom. The number of nitrogens with one attached hydrogen (secondary N) is 1. The SMILES string of the molecule is O=C(Nc1ccc2oc(-c3ccccc3Br)nc2c1)c1cc([N+](=O)[O-])ccc1N1CCOCC1. The van der Waals surface area contributed by atoms with Crippen LogP contribution in [-0.4, -0.2) is 42.1 Å². The quantitative estimate of drug-likeness (QED) is 0.281. The first-order valence-corrected chi connectivity index (χ1v) is 11.4. The van der Waals surface area contributed by atoms with Crippen LogP contribution in [0.15, 0.2) is 69.6 Å². The van der Waals surface area contributed by atoms with Crippen LogP contribution in [0.5, 0.6) is 0 Å². The molecule has 0 aliphatic carbocycles. The monoisotopic (exact) mass is 522 g/mol. The van der Waals surface area contributed by atoms with Crippen LogP contribution in [0.2, 0.25) is 0 Å². The lowest BCUT2D eigenvalue weighted by molar-refractivity contribution is -0.384. The number of hydrogen-bond donors (Lipinski definition) is 1. The number of nitro benzene ring substituents is 1. The summed E-state index contributed by atoms with van der Waals surface area (Å²) in [6, 6.07) is 17.1. The number of carbonyl (C=O) groups excluding carboxylic acids is 1. The van der Waals surface area contributed by atoms with E-state index < -0.39 is 10.8 Å². The first kappa shape index (κ1) is 22.1. The number of oxazole rings is 1. The molecular formula is C24H19BrN4O5. The van der Waals surface area contributed by atoms with Crippen LogP contribution in [0, 0.1) is 10.1 Å². The molecular weight excluding hydrogens is 504 g/mol. The van der Waals surface area contributed by atoms with Crippen molar-refractivity contribution in [1.29, 1.82) is 0 Å². The van der Waals surface area contributed by atoms with Crippen LogP contribution < -0.4 is 10.2 Å². The molecule has 1 aliphatic rings. The number of aromatic nitrogens is 1. The lowest BCUT2D eigenvalue weighted by Crippen LogP contribution is -2.37. The number of ether oxygens (including phenoxy) is 1. The number of nitrogens with zero attached hydrogens (tertiary/aromatic N) is 3. The molecule has 4 aromatic rings. The number of halogens is 1. The maximum atomic E-state index is 13.2. The topological polar surface area (TPSA) is 111 Å². The third-order valence-corrected chi connectivity index (χ3v) is 6.23. The maximum absolute atomic E-state index is 13.2. The average Bonchev–Trinajstić information content (AvgIpc) is 3.27. The first-order chi connectivity index (χ1) is 16.5. The Balaban J connectivity index is 1.45. The zero-order valence-corrected chi connectivity index (χ0v) is 19.4. The van der Waals surface area contributed by atoms with E-state index in [0.717, 1.165) is 10.0 Å². The normalized spacial score (nSPS) is 13.7. The number of non-ortho nitro benzene ring substituents is 1. The summed E-state index contributed by atoms with van der Waals surface area (Å²) in [5, 5.41) is 14.2. The molecule has 1 amide bonds. The molecule has 0 spiro atoms. The molecule has 0 radical (unpaired) electrons. The first-order valence-electron chi connectivity index (χ1n) is 10.6. The fraction of sp³-hybridized carbons (Fsp3) is 0.167. The van der Waals surface area contributed by atoms with Crippen LogP contribution in [0.1, 0.15) is 10.4 Å². The second kappa shape index (κ2) is 9.24. The molecule has 1 fully saturated rings. The molecule has 2 heterocycles. The standard InChI is InChI=1S/C24H19BrN4O5/c25-19-4-2-1-3-17(19)24-27-20-13-15(5-8-22(20)34-24)26-23(30)18-14-16(29(31)32)6-7-21(18)28-9-11-33-12-10-28/h1-8,13-14H,9-12H2,(H,26,30). The number of morpholine rings is 1. The van der Waals surface area contributed by atoms with Crippen LogP contribution in [-0.2, 0) is 4.74 Å². The zero-order valence-electron chi connectivity index (χ0n) is 17.9. The van der Waals surface area contributed by atoms with Gasteiger partial charge in [0, 0.05) is 35.4 Å². The van der Waals surface area contributed by atoms with Gasteiger partial charge in [0.1, 0.15) is 5.52 Å². The summed E-state index contributed by atoms with van der Waals surface area (Å²) in [6.07, 6.45) is 0. The van der Waals surface area contributed by atoms with Crippen molar-refractivity contribution in [1.82, 2.24) is 4.98 Å². The molecule has 0 unspecified atom stereocenters. The fourth-order valence-corrected chi connectivity index (χ4v) is 4.31. The van der Waals surface area contributed by atoms with E-state index in [2.05, 4.69) is 26.2 Å². The van der Waals surface area contributed by atoms with E-state index in [4.69, 9.17) is 9.15 Å². The van der Waals surface area contributed by atoms with E-state index in [0.29, 0.717) is 54.7 Å². The molecule has 172 valence electrons. The molecule has 3 aromatic carbocycles. The predicted octanol–water partition coefficient (Wildman–Crippen LogP) is 5.25. The minimum atomic E-state index is -0.509. The van der Waals surface area contributed by atoms with E-state index in [1.54, 1.807) is 24.3 Å². The second-order valence-electron chi connectivity index (χ2n) is 7.69. The number of hydrogen-bond acceptors (Lipinski definition) is 7. The zero-order chi connectivity index (χ0) is 23.7. The van der Waals surface area contributed by atoms with Gasteiger partial charge in [0.25, 0.3) is 11.6 Å². The molecule has 1 aliphatic heterocycles. The fourth-order valence-electron chi connectivity index (χ4n) is 3.85. The summed E-state index contributed by atoms with van der Waals surface area (Å²) >= 11 is 3.50. The van der Waals surface area contributed by atoms with Crippen molar-refractivity contribution in [3.8, 4) is 11.5 Å². The molecule has 9 nitrogen and oxygen atoms in total. The van der Waals surface area contributed by atoms with Gasteiger partial charge in [-0.1, -0.05) is 12.1 Å². The van der Waals surface area contributed by atoms with Crippen molar-refractivity contribution in [2.24, 2.45) is 0 Å². The molecule has 0 bridgehead atoms. The Hall–Kier alpha value is -3.76. The number of fused-ring (bicyclic) bond motifs is 1. The van der Waals surface area contributed by atoms with Crippen LogP contribution in [0.3, 0.4) is 0 Å². The van der Waals surface area contributed by atoms with Crippen molar-refractivity contribution >= 4 is 50.0 Å². The van der Waals surface area contributed by atoms with Crippen molar-refractivity contribution in [2.45, 2.75) is 0 Å². The van der Waals surface area contributed by atoms with E-state index >= 15 is 0 Å². The predicted molar refractivity (Wildman–Crippen MR) is 131 cm³/mol. The van der Waals surface area contributed by atoms with Gasteiger partial charge in [-0.05, 0) is 52.3 Å². The van der Waals surface area contributed by atoms with Crippen molar-refractivity contribution in [3.05, 3.63) is 80.8 Å². The van der Waals surface area contributed by atoms with Gasteiger partial charge in [-0.25, -0.2) is 4.98 Å². The molecule has 34 heavy (non-hydrogen) atoms. The minimum absolute atomic E-state index is 0.146. The number of amides is 1. The molecule has 1 aromatic heterocycles. The van der Waals surface area contributed by atoms with Crippen LogP contribution in [0.25, 0.3) is 22.6 Å². The summed E-state index contributed by atoms with van der Waals surface area (Å²) in [5.41, 5.74) is 3.19. The highest BCUT2D eigenvalue weighted by Gasteiger charge is 2.22. The summed E-state index contributed by atoms with van der Waals surface area (Å²) in [4.78, 5) is 30.6. The Morgan fingerprint density at radius 1 is 1.09 bits per heavy atom. The summed E-state index contributed by atoms with van der Waals surface area (Å²) < 4.78 is 12.1. The molecule has 10 heteroatoms. The second-order valence-corrected chi connectivity index (χ2v) is 8.55. The van der Waals surface area contributed by atoms with Gasteiger partial charge in [-0.2, -0.15) is 0 Å². The van der Waals surface area contributed by atoms with Crippen molar-refractivity contribution < 1.29 is 18.9 Å². The highest BCUT2D eigenvalue weighted by atomic mass is 79.9. The van der Waals surface area contributed by atoms with Gasteiger partial charge in [-0.3, -0.25) is 14.9 Å². The Kier molecular flexibility index (Phi) is 5.99. The van der Waals surface area contributed by atoms with Gasteiger partial charge >= 0.3 is 0 Å². The van der Waals surface area contributed by atoms with Crippen molar-refractivity contribution in [3.63, 3.8) is 0 Å². The number of benzene rings is 3. The summed E-state index contributed by atoms with van der Waals surface area (Å²) in [7, 11) is 0. The highest BCUT2D eigenvalue weighted by Crippen LogP contribution is 2.32. The minimum Gasteiger partial charge on any atom is -0.436 e. The molecule has 0 saturated carbocycles. The lowest BCUT2D eigenvalue weighted by Gasteiger charge is -2.30. The smallest absolute Gasteiger partial charge is 0.270 e. The largest absolute Gasteiger partial charge is 0.436 e. The van der Waals surface area contributed by atoms with Gasteiger partial charge in [0.15, 0.2) is 5.58 Å². The van der Waals surface area contributed by atoms with Crippen LogP contribution >= 0.6 is 15.9 Å². The Bertz CT molecular complexity index is 1400. The van der Waals surface area contributed by atoms with Gasteiger partial charge in [0.05, 0.1) is 35.0 Å². The van der Waals surface area contributed by atoms with Crippen molar-refractivity contribution in [2.75, 3.05) is 36.5 Å². The molecule has 0 atom stereocenters.